The third-order valence-electron chi connectivity index (χ3n) is 7.78. The molecule has 3 atom stereocenters. The number of pyridine rings is 1. The van der Waals surface area contributed by atoms with Crippen molar-refractivity contribution in [2.45, 2.75) is 50.1 Å². The SMILES string of the molecule is CCCC(NC(=O)c1ccc(N2CCOCC2)cc1)C(=O)N1CCC2C1C(=O)CN2S(=O)(=O)Cc1cccnc1. The molecule has 3 fully saturated rings. The Morgan fingerprint density at radius 2 is 1.88 bits per heavy atom. The Hall–Kier alpha value is -3.35. The van der Waals surface area contributed by atoms with Crippen LogP contribution < -0.4 is 10.2 Å². The minimum absolute atomic E-state index is 0.253. The van der Waals surface area contributed by atoms with Gasteiger partial charge < -0.3 is 19.9 Å². The molecule has 0 saturated carbocycles. The Morgan fingerprint density at radius 1 is 1.12 bits per heavy atom. The van der Waals surface area contributed by atoms with Crippen molar-refractivity contribution in [3.63, 3.8) is 0 Å². The number of carbonyl (C=O) groups excluding carboxylic acids is 3. The van der Waals surface area contributed by atoms with Crippen LogP contribution in [-0.2, 0) is 30.1 Å². The Balaban J connectivity index is 1.26. The molecule has 3 aliphatic heterocycles. The number of carbonyl (C=O) groups is 3. The van der Waals surface area contributed by atoms with Crippen LogP contribution in [0.5, 0.6) is 0 Å². The third kappa shape index (κ3) is 5.89. The van der Waals surface area contributed by atoms with Crippen molar-refractivity contribution >= 4 is 33.3 Å². The van der Waals surface area contributed by atoms with Gasteiger partial charge in [-0.2, -0.15) is 4.31 Å². The number of nitrogens with zero attached hydrogens (tertiary/aromatic N) is 4. The molecule has 3 saturated heterocycles. The molecule has 5 rings (SSSR count). The minimum atomic E-state index is -3.79. The molecule has 11 nitrogen and oxygen atoms in total. The Bertz CT molecular complexity index is 1330. The molecule has 0 aliphatic carbocycles. The summed E-state index contributed by atoms with van der Waals surface area (Å²) in [5.41, 5.74) is 1.98. The number of hydrogen-bond donors (Lipinski definition) is 1. The topological polar surface area (TPSA) is 129 Å². The monoisotopic (exact) mass is 569 g/mol. The van der Waals surface area contributed by atoms with Gasteiger partial charge in [0.1, 0.15) is 12.1 Å². The number of ketones is 1. The van der Waals surface area contributed by atoms with E-state index in [9.17, 15) is 22.8 Å². The van der Waals surface area contributed by atoms with Crippen LogP contribution >= 0.6 is 0 Å². The van der Waals surface area contributed by atoms with E-state index in [1.807, 2.05) is 19.1 Å². The van der Waals surface area contributed by atoms with Crippen LogP contribution in [0.1, 0.15) is 42.1 Å². The second-order valence-corrected chi connectivity index (χ2v) is 12.3. The molecule has 1 aromatic carbocycles. The Labute approximate surface area is 234 Å². The van der Waals surface area contributed by atoms with Gasteiger partial charge in [-0.15, -0.1) is 0 Å². The smallest absolute Gasteiger partial charge is 0.251 e. The highest BCUT2D eigenvalue weighted by molar-refractivity contribution is 7.88. The largest absolute Gasteiger partial charge is 0.378 e. The normalized spacial score (nSPS) is 22.3. The van der Waals surface area contributed by atoms with Crippen molar-refractivity contribution in [2.75, 3.05) is 44.3 Å². The van der Waals surface area contributed by atoms with Gasteiger partial charge in [-0.3, -0.25) is 19.4 Å². The number of nitrogens with one attached hydrogen (secondary N) is 1. The lowest BCUT2D eigenvalue weighted by Crippen LogP contribution is -2.52. The number of anilines is 1. The minimum Gasteiger partial charge on any atom is -0.378 e. The first-order valence-electron chi connectivity index (χ1n) is 13.7. The summed E-state index contributed by atoms with van der Waals surface area (Å²) < 4.78 is 33.0. The predicted octanol–water partition coefficient (Wildman–Crippen LogP) is 1.20. The van der Waals surface area contributed by atoms with E-state index < -0.39 is 28.1 Å². The first kappa shape index (κ1) is 28.2. The van der Waals surface area contributed by atoms with Crippen molar-refractivity contribution in [2.24, 2.45) is 0 Å². The fourth-order valence-electron chi connectivity index (χ4n) is 5.79. The van der Waals surface area contributed by atoms with E-state index in [1.165, 1.54) is 15.4 Å². The van der Waals surface area contributed by atoms with Gasteiger partial charge in [0, 0.05) is 43.3 Å². The summed E-state index contributed by atoms with van der Waals surface area (Å²) in [6.45, 7) is 4.82. The number of sulfonamides is 1. The van der Waals surface area contributed by atoms with Crippen molar-refractivity contribution in [3.8, 4) is 0 Å². The van der Waals surface area contributed by atoms with E-state index in [2.05, 4.69) is 15.2 Å². The quantitative estimate of drug-likeness (QED) is 0.477. The van der Waals surface area contributed by atoms with Crippen molar-refractivity contribution in [1.82, 2.24) is 19.5 Å². The highest BCUT2D eigenvalue weighted by atomic mass is 32.2. The van der Waals surface area contributed by atoms with Gasteiger partial charge in [0.15, 0.2) is 5.78 Å². The summed E-state index contributed by atoms with van der Waals surface area (Å²) in [6, 6.07) is 8.33. The fraction of sp³-hybridized carbons (Fsp3) is 0.500. The zero-order valence-corrected chi connectivity index (χ0v) is 23.4. The molecule has 1 N–H and O–H groups in total. The molecular weight excluding hydrogens is 534 g/mol. The summed E-state index contributed by atoms with van der Waals surface area (Å²) in [4.78, 5) is 47.5. The molecule has 214 valence electrons. The van der Waals surface area contributed by atoms with Gasteiger partial charge in [0.05, 0.1) is 31.6 Å². The van der Waals surface area contributed by atoms with E-state index in [1.54, 1.807) is 30.5 Å². The Kier molecular flexibility index (Phi) is 8.48. The molecule has 0 bridgehead atoms. The molecular formula is C28H35N5O6S. The van der Waals surface area contributed by atoms with E-state index in [4.69, 9.17) is 4.74 Å². The van der Waals surface area contributed by atoms with Crippen molar-refractivity contribution in [3.05, 3.63) is 59.9 Å². The maximum atomic E-state index is 13.7. The number of hydrogen-bond acceptors (Lipinski definition) is 8. The average molecular weight is 570 g/mol. The highest BCUT2D eigenvalue weighted by Crippen LogP contribution is 2.33. The maximum Gasteiger partial charge on any atom is 0.251 e. The predicted molar refractivity (Wildman–Crippen MR) is 148 cm³/mol. The molecule has 3 unspecified atom stereocenters. The summed E-state index contributed by atoms with van der Waals surface area (Å²) >= 11 is 0. The second-order valence-electron chi connectivity index (χ2n) is 10.4. The van der Waals surface area contributed by atoms with Crippen LogP contribution in [0, 0.1) is 0 Å². The Morgan fingerprint density at radius 3 is 2.55 bits per heavy atom. The number of amides is 2. The third-order valence-corrected chi connectivity index (χ3v) is 9.59. The number of aromatic nitrogens is 1. The zero-order valence-electron chi connectivity index (χ0n) is 22.6. The lowest BCUT2D eigenvalue weighted by Gasteiger charge is -2.29. The average Bonchev–Trinajstić information content (AvgIpc) is 3.55. The van der Waals surface area contributed by atoms with Crippen LogP contribution in [0.3, 0.4) is 0 Å². The number of fused-ring (bicyclic) bond motifs is 1. The molecule has 0 spiro atoms. The maximum absolute atomic E-state index is 13.7. The van der Waals surface area contributed by atoms with Crippen LogP contribution in [0.2, 0.25) is 0 Å². The summed E-state index contributed by atoms with van der Waals surface area (Å²) in [6.07, 6.45) is 4.48. The zero-order chi connectivity index (χ0) is 28.3. The number of morpholine rings is 1. The van der Waals surface area contributed by atoms with Crippen LogP contribution in [0.4, 0.5) is 5.69 Å². The van der Waals surface area contributed by atoms with E-state index in [-0.39, 0.29) is 36.4 Å². The van der Waals surface area contributed by atoms with Gasteiger partial charge >= 0.3 is 0 Å². The van der Waals surface area contributed by atoms with Gasteiger partial charge in [-0.05, 0) is 48.7 Å². The molecule has 2 amide bonds. The van der Waals surface area contributed by atoms with Crippen molar-refractivity contribution in [1.29, 1.82) is 0 Å². The van der Waals surface area contributed by atoms with E-state index >= 15 is 0 Å². The number of benzene rings is 1. The molecule has 0 radical (unpaired) electrons. The molecule has 3 aliphatic rings. The summed E-state index contributed by atoms with van der Waals surface area (Å²) in [5, 5.41) is 2.86. The first-order valence-corrected chi connectivity index (χ1v) is 15.3. The van der Waals surface area contributed by atoms with Crippen molar-refractivity contribution < 1.29 is 27.5 Å². The summed E-state index contributed by atoms with van der Waals surface area (Å²) in [5.74, 6) is -1.28. The van der Waals surface area contributed by atoms with Gasteiger partial charge in [0.25, 0.3) is 5.91 Å². The fourth-order valence-corrected chi connectivity index (χ4v) is 7.51. The first-order chi connectivity index (χ1) is 19.3. The number of rotatable bonds is 9. The van der Waals surface area contributed by atoms with Crippen LogP contribution in [0.15, 0.2) is 48.8 Å². The molecule has 40 heavy (non-hydrogen) atoms. The molecule has 2 aromatic rings. The number of Topliss-reactive ketones (excluding diaryl/α,β-unsaturated/α-hetero) is 1. The lowest BCUT2D eigenvalue weighted by atomic mass is 10.1. The van der Waals surface area contributed by atoms with E-state index in [0.29, 0.717) is 43.6 Å². The van der Waals surface area contributed by atoms with Crippen LogP contribution in [0.25, 0.3) is 0 Å². The van der Waals surface area contributed by atoms with Gasteiger partial charge in [-0.25, -0.2) is 8.42 Å². The molecule has 12 heteroatoms. The van der Waals surface area contributed by atoms with Crippen LogP contribution in [-0.4, -0.2) is 97.7 Å². The highest BCUT2D eigenvalue weighted by Gasteiger charge is 2.54. The van der Waals surface area contributed by atoms with Gasteiger partial charge in [-0.1, -0.05) is 19.4 Å². The molecule has 4 heterocycles. The van der Waals surface area contributed by atoms with E-state index in [0.717, 1.165) is 18.8 Å². The van der Waals surface area contributed by atoms with Gasteiger partial charge in [0.2, 0.25) is 15.9 Å². The second kappa shape index (κ2) is 12.0. The summed E-state index contributed by atoms with van der Waals surface area (Å²) in [7, 11) is -3.79. The number of likely N-dealkylation sites (tertiary alicyclic amines) is 1. The lowest BCUT2D eigenvalue weighted by molar-refractivity contribution is -0.138. The molecule has 1 aromatic heterocycles. The number of ether oxygens (including phenoxy) is 1. The standard InChI is InChI=1S/C28H35N5O6S/c1-2-4-23(30-27(35)21-6-8-22(9-7-21)31-13-15-39-16-14-31)28(36)32-12-10-24-26(32)25(34)18-33(24)40(37,38)19-20-5-3-11-29-17-20/h3,5-9,11,17,23-24,26H,2,4,10,12-16,18-19H2,1H3,(H,30,35).